The number of benzene rings is 1. The molecule has 2 rings (SSSR count). The third kappa shape index (κ3) is 5.30. The highest BCUT2D eigenvalue weighted by Crippen LogP contribution is 2.17. The number of hydrogen-bond donors (Lipinski definition) is 2. The van der Waals surface area contributed by atoms with Crippen molar-refractivity contribution in [2.24, 2.45) is 5.92 Å². The largest absolute Gasteiger partial charge is 0.390 e. The van der Waals surface area contributed by atoms with Gasteiger partial charge in [0.2, 0.25) is 5.91 Å². The number of carbonyl (C=O) groups excluding carboxylic acids is 1. The lowest BCUT2D eigenvalue weighted by molar-refractivity contribution is -0.140. The van der Waals surface area contributed by atoms with E-state index in [0.717, 1.165) is 12.8 Å². The zero-order valence-electron chi connectivity index (χ0n) is 13.9. The summed E-state index contributed by atoms with van der Waals surface area (Å²) in [5, 5.41) is 19.6. The van der Waals surface area contributed by atoms with E-state index in [9.17, 15) is 15.0 Å². The summed E-state index contributed by atoms with van der Waals surface area (Å²) >= 11 is 0. The second-order valence-corrected chi connectivity index (χ2v) is 6.47. The first-order valence-electron chi connectivity index (χ1n) is 8.20. The van der Waals surface area contributed by atoms with Crippen LogP contribution in [0, 0.1) is 12.8 Å². The van der Waals surface area contributed by atoms with Crippen molar-refractivity contribution < 1.29 is 19.7 Å². The van der Waals surface area contributed by atoms with Crippen LogP contribution in [0.15, 0.2) is 24.3 Å². The molecule has 0 aromatic heterocycles. The third-order valence-corrected chi connectivity index (χ3v) is 4.41. The summed E-state index contributed by atoms with van der Waals surface area (Å²) < 4.78 is 5.25. The van der Waals surface area contributed by atoms with Gasteiger partial charge in [-0.05, 0) is 25.3 Å². The van der Waals surface area contributed by atoms with Gasteiger partial charge >= 0.3 is 0 Å². The minimum Gasteiger partial charge on any atom is -0.390 e. The van der Waals surface area contributed by atoms with E-state index < -0.39 is 12.2 Å². The minimum atomic E-state index is -0.862. The fourth-order valence-electron chi connectivity index (χ4n) is 2.86. The Labute approximate surface area is 137 Å². The molecule has 1 aliphatic rings. The minimum absolute atomic E-state index is 0.0596. The first kappa shape index (κ1) is 17.9. The van der Waals surface area contributed by atoms with E-state index in [1.165, 1.54) is 11.1 Å². The molecule has 128 valence electrons. The molecular weight excluding hydrogens is 294 g/mol. The van der Waals surface area contributed by atoms with E-state index in [4.69, 9.17) is 4.74 Å². The number of carbonyl (C=O) groups is 1. The third-order valence-electron chi connectivity index (χ3n) is 4.41. The van der Waals surface area contributed by atoms with Crippen molar-refractivity contribution in [1.82, 2.24) is 4.90 Å². The van der Waals surface area contributed by atoms with E-state index in [-0.39, 0.29) is 18.4 Å². The van der Waals surface area contributed by atoms with Gasteiger partial charge in [0.05, 0.1) is 19.3 Å². The van der Waals surface area contributed by atoms with Gasteiger partial charge in [-0.1, -0.05) is 29.8 Å². The Morgan fingerprint density at radius 1 is 1.26 bits per heavy atom. The lowest BCUT2D eigenvalue weighted by Gasteiger charge is -2.34. The normalized spacial score (nSPS) is 24.4. The molecule has 1 amide bonds. The van der Waals surface area contributed by atoms with Gasteiger partial charge in [-0.25, -0.2) is 0 Å². The van der Waals surface area contributed by atoms with Gasteiger partial charge in [0.25, 0.3) is 0 Å². The molecule has 5 heteroatoms. The average Bonchev–Trinajstić information content (AvgIpc) is 2.53. The van der Waals surface area contributed by atoms with Crippen molar-refractivity contribution in [2.75, 3.05) is 26.8 Å². The van der Waals surface area contributed by atoms with Crippen LogP contribution < -0.4 is 0 Å². The first-order valence-corrected chi connectivity index (χ1v) is 8.20. The van der Waals surface area contributed by atoms with Crippen LogP contribution in [0.2, 0.25) is 0 Å². The van der Waals surface area contributed by atoms with Crippen molar-refractivity contribution in [2.45, 2.75) is 38.4 Å². The van der Waals surface area contributed by atoms with E-state index >= 15 is 0 Å². The molecule has 1 heterocycles. The summed E-state index contributed by atoms with van der Waals surface area (Å²) in [7, 11) is 1.74. The standard InChI is InChI=1S/C18H27NO4/c1-13-6-8-14(9-7-13)4-3-5-17(21)19(2)10-15-11-23-12-16(20)18(15)22/h6-9,15-16,18,20,22H,3-5,10-12H2,1-2H3/t15-,16-,18+/m1/s1. The summed E-state index contributed by atoms with van der Waals surface area (Å²) in [5.41, 5.74) is 2.48. The van der Waals surface area contributed by atoms with Gasteiger partial charge in [0, 0.05) is 25.9 Å². The second kappa shape index (κ2) is 8.43. The zero-order chi connectivity index (χ0) is 16.8. The lowest BCUT2D eigenvalue weighted by Crippen LogP contribution is -2.48. The topological polar surface area (TPSA) is 70.0 Å². The van der Waals surface area contributed by atoms with Crippen LogP contribution in [-0.2, 0) is 16.0 Å². The van der Waals surface area contributed by atoms with Crippen LogP contribution in [-0.4, -0.2) is 60.0 Å². The Hall–Kier alpha value is -1.43. The molecule has 1 aromatic carbocycles. The van der Waals surface area contributed by atoms with Gasteiger partial charge in [-0.15, -0.1) is 0 Å². The number of aliphatic hydroxyl groups excluding tert-OH is 2. The number of amides is 1. The SMILES string of the molecule is Cc1ccc(CCCC(=O)N(C)C[C@@H]2COC[C@@H](O)[C@H]2O)cc1. The predicted octanol–water partition coefficient (Wildman–Crippen LogP) is 1.14. The maximum atomic E-state index is 12.2. The Balaban J connectivity index is 1.73. The molecule has 0 radical (unpaired) electrons. The van der Waals surface area contributed by atoms with E-state index in [1.807, 2.05) is 0 Å². The molecule has 0 unspecified atom stereocenters. The fraction of sp³-hybridized carbons (Fsp3) is 0.611. The molecule has 1 saturated heterocycles. The number of rotatable bonds is 6. The highest BCUT2D eigenvalue weighted by molar-refractivity contribution is 5.75. The van der Waals surface area contributed by atoms with Crippen molar-refractivity contribution >= 4 is 5.91 Å². The van der Waals surface area contributed by atoms with Crippen LogP contribution in [0.25, 0.3) is 0 Å². The Morgan fingerprint density at radius 2 is 1.96 bits per heavy atom. The first-order chi connectivity index (χ1) is 11.0. The summed E-state index contributed by atoms with van der Waals surface area (Å²) in [4.78, 5) is 13.8. The quantitative estimate of drug-likeness (QED) is 0.824. The number of aliphatic hydroxyl groups is 2. The molecule has 0 saturated carbocycles. The van der Waals surface area contributed by atoms with Gasteiger partial charge in [0.1, 0.15) is 6.10 Å². The molecule has 23 heavy (non-hydrogen) atoms. The second-order valence-electron chi connectivity index (χ2n) is 6.47. The molecule has 5 nitrogen and oxygen atoms in total. The number of hydrogen-bond acceptors (Lipinski definition) is 4. The zero-order valence-corrected chi connectivity index (χ0v) is 13.9. The molecular formula is C18H27NO4. The number of nitrogens with zero attached hydrogens (tertiary/aromatic N) is 1. The maximum absolute atomic E-state index is 12.2. The van der Waals surface area contributed by atoms with E-state index in [0.29, 0.717) is 19.6 Å². The molecule has 0 aliphatic carbocycles. The fourth-order valence-corrected chi connectivity index (χ4v) is 2.86. The highest BCUT2D eigenvalue weighted by Gasteiger charge is 2.32. The van der Waals surface area contributed by atoms with Crippen LogP contribution >= 0.6 is 0 Å². The predicted molar refractivity (Wildman–Crippen MR) is 88.1 cm³/mol. The molecule has 1 aliphatic heterocycles. The van der Waals surface area contributed by atoms with Crippen molar-refractivity contribution in [3.8, 4) is 0 Å². The van der Waals surface area contributed by atoms with Gasteiger partial charge in [0.15, 0.2) is 0 Å². The number of aryl methyl sites for hydroxylation is 2. The Morgan fingerprint density at radius 3 is 2.65 bits per heavy atom. The van der Waals surface area contributed by atoms with Gasteiger partial charge < -0.3 is 19.8 Å². The number of ether oxygens (including phenoxy) is 1. The van der Waals surface area contributed by atoms with Crippen LogP contribution in [0.1, 0.15) is 24.0 Å². The van der Waals surface area contributed by atoms with E-state index in [2.05, 4.69) is 31.2 Å². The van der Waals surface area contributed by atoms with Crippen molar-refractivity contribution in [3.05, 3.63) is 35.4 Å². The smallest absolute Gasteiger partial charge is 0.222 e. The van der Waals surface area contributed by atoms with E-state index in [1.54, 1.807) is 11.9 Å². The Bertz CT molecular complexity index is 502. The van der Waals surface area contributed by atoms with Crippen molar-refractivity contribution in [3.63, 3.8) is 0 Å². The summed E-state index contributed by atoms with van der Waals surface area (Å²) in [6.45, 7) is 3.00. The summed E-state index contributed by atoms with van der Waals surface area (Å²) in [6.07, 6.45) is 0.480. The monoisotopic (exact) mass is 321 g/mol. The summed E-state index contributed by atoms with van der Waals surface area (Å²) in [5.74, 6) is -0.172. The molecule has 0 bridgehead atoms. The van der Waals surface area contributed by atoms with Crippen LogP contribution in [0.4, 0.5) is 0 Å². The van der Waals surface area contributed by atoms with Gasteiger partial charge in [-0.3, -0.25) is 4.79 Å². The molecule has 2 N–H and O–H groups in total. The molecule has 3 atom stereocenters. The Kier molecular flexibility index (Phi) is 6.57. The maximum Gasteiger partial charge on any atom is 0.222 e. The summed E-state index contributed by atoms with van der Waals surface area (Å²) in [6, 6.07) is 8.36. The molecule has 1 aromatic rings. The lowest BCUT2D eigenvalue weighted by atomic mass is 9.96. The van der Waals surface area contributed by atoms with Crippen LogP contribution in [0.3, 0.4) is 0 Å². The molecule has 0 spiro atoms. The van der Waals surface area contributed by atoms with Crippen LogP contribution in [0.5, 0.6) is 0 Å². The van der Waals surface area contributed by atoms with Gasteiger partial charge in [-0.2, -0.15) is 0 Å². The van der Waals surface area contributed by atoms with Crippen molar-refractivity contribution in [1.29, 1.82) is 0 Å². The molecule has 1 fully saturated rings. The highest BCUT2D eigenvalue weighted by atomic mass is 16.5. The average molecular weight is 321 g/mol.